The van der Waals surface area contributed by atoms with E-state index >= 15 is 0 Å². The molecule has 4 N–H and O–H groups in total. The van der Waals surface area contributed by atoms with Crippen LogP contribution in [-0.2, 0) is 13.0 Å². The molecule has 0 fully saturated rings. The van der Waals surface area contributed by atoms with Gasteiger partial charge in [0.15, 0.2) is 5.82 Å². The molecule has 11 heavy (non-hydrogen) atoms. The predicted molar refractivity (Wildman–Crippen MR) is 43.3 cm³/mol. The van der Waals surface area contributed by atoms with Crippen LogP contribution in [0.25, 0.3) is 0 Å². The van der Waals surface area contributed by atoms with Crippen LogP contribution in [0.3, 0.4) is 0 Å². The second-order valence-electron chi connectivity index (χ2n) is 2.76. The molecule has 1 aliphatic heterocycles. The van der Waals surface area contributed by atoms with Crippen molar-refractivity contribution in [3.05, 3.63) is 11.3 Å². The fraction of sp³-hybridized carbons (Fsp3) is 0.571. The van der Waals surface area contributed by atoms with E-state index in [0.717, 1.165) is 24.5 Å². The van der Waals surface area contributed by atoms with E-state index in [4.69, 9.17) is 5.73 Å². The van der Waals surface area contributed by atoms with Crippen molar-refractivity contribution in [3.63, 3.8) is 0 Å². The summed E-state index contributed by atoms with van der Waals surface area (Å²) in [7, 11) is 0. The lowest BCUT2D eigenvalue weighted by molar-refractivity contribution is 0.816. The molecule has 60 valence electrons. The molecule has 0 radical (unpaired) electrons. The summed E-state index contributed by atoms with van der Waals surface area (Å²) in [5.74, 6) is 0.997. The van der Waals surface area contributed by atoms with E-state index < -0.39 is 0 Å². The van der Waals surface area contributed by atoms with Gasteiger partial charge >= 0.3 is 0 Å². The zero-order valence-electron chi connectivity index (χ0n) is 6.35. The third-order valence-electron chi connectivity index (χ3n) is 2.05. The number of H-pyrrole nitrogens is 1. The highest BCUT2D eigenvalue weighted by atomic mass is 15.2. The number of hydrogen-bond donors (Lipinski definition) is 3. The SMILES string of the molecule is NCc1[nH]nc2c1CCCN2. The lowest BCUT2D eigenvalue weighted by atomic mass is 10.1. The number of anilines is 1. The van der Waals surface area contributed by atoms with Gasteiger partial charge in [0.05, 0.1) is 5.69 Å². The summed E-state index contributed by atoms with van der Waals surface area (Å²) in [6.45, 7) is 1.59. The fourth-order valence-electron chi connectivity index (χ4n) is 1.46. The number of aromatic nitrogens is 2. The molecule has 0 saturated heterocycles. The Bertz CT molecular complexity index is 239. The van der Waals surface area contributed by atoms with Crippen LogP contribution in [0.1, 0.15) is 17.7 Å². The second kappa shape index (κ2) is 2.54. The maximum absolute atomic E-state index is 5.52. The van der Waals surface area contributed by atoms with E-state index in [0.29, 0.717) is 6.54 Å². The van der Waals surface area contributed by atoms with Crippen molar-refractivity contribution in [2.75, 3.05) is 11.9 Å². The maximum atomic E-state index is 5.52. The molecule has 0 aliphatic carbocycles. The van der Waals surface area contributed by atoms with E-state index in [1.165, 1.54) is 12.0 Å². The molecule has 1 aromatic rings. The zero-order valence-corrected chi connectivity index (χ0v) is 6.35. The molecular weight excluding hydrogens is 140 g/mol. The summed E-state index contributed by atoms with van der Waals surface area (Å²) in [6.07, 6.45) is 2.28. The maximum Gasteiger partial charge on any atom is 0.151 e. The third kappa shape index (κ3) is 0.991. The van der Waals surface area contributed by atoms with Crippen molar-refractivity contribution in [3.8, 4) is 0 Å². The molecule has 0 atom stereocenters. The number of rotatable bonds is 1. The molecule has 0 amide bonds. The van der Waals surface area contributed by atoms with Gasteiger partial charge in [-0.05, 0) is 12.8 Å². The Hall–Kier alpha value is -1.03. The summed E-state index contributed by atoms with van der Waals surface area (Å²) >= 11 is 0. The van der Waals surface area contributed by atoms with Crippen LogP contribution >= 0.6 is 0 Å². The summed E-state index contributed by atoms with van der Waals surface area (Å²) < 4.78 is 0. The molecule has 0 spiro atoms. The van der Waals surface area contributed by atoms with Gasteiger partial charge in [0.2, 0.25) is 0 Å². The molecule has 1 aromatic heterocycles. The van der Waals surface area contributed by atoms with Crippen LogP contribution in [0.15, 0.2) is 0 Å². The minimum absolute atomic E-state index is 0.560. The summed E-state index contributed by atoms with van der Waals surface area (Å²) in [4.78, 5) is 0. The highest BCUT2D eigenvalue weighted by Crippen LogP contribution is 2.21. The van der Waals surface area contributed by atoms with Gasteiger partial charge in [-0.1, -0.05) is 0 Å². The number of fused-ring (bicyclic) bond motifs is 1. The average Bonchev–Trinajstić information content (AvgIpc) is 2.47. The smallest absolute Gasteiger partial charge is 0.151 e. The van der Waals surface area contributed by atoms with Crippen LogP contribution in [-0.4, -0.2) is 16.7 Å². The first-order valence-electron chi connectivity index (χ1n) is 3.92. The monoisotopic (exact) mass is 152 g/mol. The number of nitrogens with one attached hydrogen (secondary N) is 2. The largest absolute Gasteiger partial charge is 0.368 e. The van der Waals surface area contributed by atoms with Gasteiger partial charge in [0.25, 0.3) is 0 Å². The summed E-state index contributed by atoms with van der Waals surface area (Å²) in [5.41, 5.74) is 7.87. The van der Waals surface area contributed by atoms with Crippen LogP contribution in [0.5, 0.6) is 0 Å². The summed E-state index contributed by atoms with van der Waals surface area (Å²) in [6, 6.07) is 0. The Balaban J connectivity index is 2.38. The van der Waals surface area contributed by atoms with Gasteiger partial charge in [-0.3, -0.25) is 5.10 Å². The second-order valence-corrected chi connectivity index (χ2v) is 2.76. The first kappa shape index (κ1) is 6.67. The van der Waals surface area contributed by atoms with Crippen molar-refractivity contribution in [1.82, 2.24) is 10.2 Å². The van der Waals surface area contributed by atoms with Crippen LogP contribution in [0.4, 0.5) is 5.82 Å². The quantitative estimate of drug-likeness (QED) is 0.539. The number of nitrogens with zero attached hydrogens (tertiary/aromatic N) is 1. The van der Waals surface area contributed by atoms with Crippen molar-refractivity contribution >= 4 is 5.82 Å². The van der Waals surface area contributed by atoms with Crippen LogP contribution < -0.4 is 11.1 Å². The van der Waals surface area contributed by atoms with Gasteiger partial charge in [0, 0.05) is 18.7 Å². The van der Waals surface area contributed by atoms with Crippen molar-refractivity contribution in [2.45, 2.75) is 19.4 Å². The van der Waals surface area contributed by atoms with E-state index in [9.17, 15) is 0 Å². The van der Waals surface area contributed by atoms with Crippen molar-refractivity contribution in [2.24, 2.45) is 5.73 Å². The molecule has 2 rings (SSSR count). The Labute approximate surface area is 65.2 Å². The number of hydrogen-bond acceptors (Lipinski definition) is 3. The van der Waals surface area contributed by atoms with Crippen LogP contribution in [0, 0.1) is 0 Å². The molecule has 4 heteroatoms. The lowest BCUT2D eigenvalue weighted by Crippen LogP contribution is -2.12. The molecule has 4 nitrogen and oxygen atoms in total. The molecule has 0 unspecified atom stereocenters. The fourth-order valence-corrected chi connectivity index (χ4v) is 1.46. The molecule has 2 heterocycles. The topological polar surface area (TPSA) is 66.7 Å². The highest BCUT2D eigenvalue weighted by Gasteiger charge is 2.14. The Kier molecular flexibility index (Phi) is 1.54. The van der Waals surface area contributed by atoms with Gasteiger partial charge in [-0.25, -0.2) is 0 Å². The standard InChI is InChI=1S/C7H12N4/c8-4-6-5-2-1-3-9-7(5)11-10-6/h1-4,8H2,(H2,9,10,11). The Morgan fingerprint density at radius 3 is 3.27 bits per heavy atom. The number of nitrogens with two attached hydrogens (primary N) is 1. The first-order chi connectivity index (χ1) is 5.42. The van der Waals surface area contributed by atoms with Crippen molar-refractivity contribution < 1.29 is 0 Å². The molecule has 1 aliphatic rings. The average molecular weight is 152 g/mol. The van der Waals surface area contributed by atoms with Gasteiger partial charge < -0.3 is 11.1 Å². The van der Waals surface area contributed by atoms with Gasteiger partial charge in [-0.2, -0.15) is 5.10 Å². The Morgan fingerprint density at radius 1 is 1.55 bits per heavy atom. The normalized spacial score (nSPS) is 15.7. The minimum Gasteiger partial charge on any atom is -0.368 e. The van der Waals surface area contributed by atoms with E-state index in [1.807, 2.05) is 0 Å². The lowest BCUT2D eigenvalue weighted by Gasteiger charge is -2.12. The van der Waals surface area contributed by atoms with E-state index in [2.05, 4.69) is 15.5 Å². The Morgan fingerprint density at radius 2 is 2.45 bits per heavy atom. The highest BCUT2D eigenvalue weighted by molar-refractivity contribution is 5.48. The van der Waals surface area contributed by atoms with E-state index in [-0.39, 0.29) is 0 Å². The molecule has 0 saturated carbocycles. The zero-order chi connectivity index (χ0) is 7.68. The summed E-state index contributed by atoms with van der Waals surface area (Å²) in [5, 5.41) is 10.3. The molecular formula is C7H12N4. The van der Waals surface area contributed by atoms with Crippen LogP contribution in [0.2, 0.25) is 0 Å². The molecule has 0 aromatic carbocycles. The molecule has 0 bridgehead atoms. The third-order valence-corrected chi connectivity index (χ3v) is 2.05. The van der Waals surface area contributed by atoms with E-state index in [1.54, 1.807) is 0 Å². The number of aromatic amines is 1. The van der Waals surface area contributed by atoms with Crippen molar-refractivity contribution in [1.29, 1.82) is 0 Å². The predicted octanol–water partition coefficient (Wildman–Crippen LogP) is 0.226. The minimum atomic E-state index is 0.560. The first-order valence-corrected chi connectivity index (χ1v) is 3.92. The van der Waals surface area contributed by atoms with Gasteiger partial charge in [-0.15, -0.1) is 0 Å². The van der Waals surface area contributed by atoms with Gasteiger partial charge in [0.1, 0.15) is 0 Å².